The van der Waals surface area contributed by atoms with Gasteiger partial charge in [0, 0.05) is 31.7 Å². The van der Waals surface area contributed by atoms with Crippen molar-refractivity contribution < 1.29 is 9.47 Å². The molecule has 2 aromatic rings. The molecule has 0 spiro atoms. The first-order valence-corrected chi connectivity index (χ1v) is 9.39. The van der Waals surface area contributed by atoms with Crippen molar-refractivity contribution in [3.05, 3.63) is 41.7 Å². The van der Waals surface area contributed by atoms with Crippen molar-refractivity contribution in [3.8, 4) is 11.5 Å². The topological polar surface area (TPSA) is 72.7 Å². The van der Waals surface area contributed by atoms with Gasteiger partial charge in [0.25, 0.3) is 0 Å². The number of benzene rings is 1. The lowest BCUT2D eigenvalue weighted by Gasteiger charge is -2.28. The third kappa shape index (κ3) is 5.52. The summed E-state index contributed by atoms with van der Waals surface area (Å²) in [7, 11) is 1.93. The van der Waals surface area contributed by atoms with Crippen LogP contribution >= 0.6 is 24.0 Å². The van der Waals surface area contributed by atoms with Gasteiger partial charge in [0.05, 0.1) is 12.2 Å². The number of halogens is 1. The summed E-state index contributed by atoms with van der Waals surface area (Å²) < 4.78 is 13.2. The van der Waals surface area contributed by atoms with Crippen molar-refractivity contribution in [3.63, 3.8) is 0 Å². The second-order valence-electron chi connectivity index (χ2n) is 7.24. The van der Waals surface area contributed by atoms with Crippen molar-refractivity contribution in [2.24, 2.45) is 12.0 Å². The minimum atomic E-state index is -0.0987. The molecule has 0 bridgehead atoms. The van der Waals surface area contributed by atoms with E-state index in [9.17, 15) is 0 Å². The largest absolute Gasteiger partial charge is 0.486 e. The van der Waals surface area contributed by atoms with Crippen LogP contribution in [0.2, 0.25) is 0 Å². The van der Waals surface area contributed by atoms with E-state index >= 15 is 0 Å². The van der Waals surface area contributed by atoms with Gasteiger partial charge in [0.2, 0.25) is 0 Å². The summed E-state index contributed by atoms with van der Waals surface area (Å²) in [6, 6.07) is 8.16. The lowest BCUT2D eigenvalue weighted by molar-refractivity contribution is 0.171. The second-order valence-corrected chi connectivity index (χ2v) is 7.24. The fourth-order valence-corrected chi connectivity index (χ4v) is 2.93. The molecule has 0 saturated heterocycles. The first-order chi connectivity index (χ1) is 13.0. The number of rotatable bonds is 6. The lowest BCUT2D eigenvalue weighted by Crippen LogP contribution is -2.43. The Hall–Kier alpha value is -1.97. The third-order valence-corrected chi connectivity index (χ3v) is 4.69. The number of hydrogen-bond acceptors (Lipinski definition) is 4. The minimum absolute atomic E-state index is 0. The molecule has 1 aliphatic rings. The van der Waals surface area contributed by atoms with Gasteiger partial charge in [0.1, 0.15) is 13.2 Å². The predicted molar refractivity (Wildman–Crippen MR) is 122 cm³/mol. The molecule has 0 radical (unpaired) electrons. The van der Waals surface area contributed by atoms with E-state index in [1.807, 2.05) is 23.9 Å². The van der Waals surface area contributed by atoms with Crippen molar-refractivity contribution in [2.45, 2.75) is 32.7 Å². The maximum Gasteiger partial charge on any atom is 0.191 e. The molecule has 0 fully saturated rings. The SMILES string of the molecule is CCNC(=NCc1ccnn1C)NCC(C)(C)c1ccc2c(c1)OCCO2.I. The number of guanidine groups is 1. The highest BCUT2D eigenvalue weighted by Crippen LogP contribution is 2.34. The van der Waals surface area contributed by atoms with Crippen LogP contribution < -0.4 is 20.1 Å². The number of ether oxygens (including phenoxy) is 2. The summed E-state index contributed by atoms with van der Waals surface area (Å²) in [4.78, 5) is 4.67. The Morgan fingerprint density at radius 2 is 1.93 bits per heavy atom. The zero-order valence-electron chi connectivity index (χ0n) is 17.0. The number of aromatic nitrogens is 2. The van der Waals surface area contributed by atoms with Crippen LogP contribution in [-0.4, -0.2) is 42.0 Å². The van der Waals surface area contributed by atoms with Crippen LogP contribution in [0.15, 0.2) is 35.5 Å². The molecule has 0 saturated carbocycles. The normalized spacial score (nSPS) is 13.6. The quantitative estimate of drug-likeness (QED) is 0.364. The fraction of sp³-hybridized carbons (Fsp3) is 0.500. The molecule has 1 aromatic carbocycles. The van der Waals surface area contributed by atoms with Gasteiger partial charge in [-0.15, -0.1) is 24.0 Å². The molecule has 0 unspecified atom stereocenters. The summed E-state index contributed by atoms with van der Waals surface area (Å²) in [5.41, 5.74) is 2.17. The van der Waals surface area contributed by atoms with Gasteiger partial charge in [-0.25, -0.2) is 4.99 Å². The average Bonchev–Trinajstić information content (AvgIpc) is 3.08. The Morgan fingerprint density at radius 1 is 1.18 bits per heavy atom. The second kappa shape index (κ2) is 9.99. The highest BCUT2D eigenvalue weighted by molar-refractivity contribution is 14.0. The van der Waals surface area contributed by atoms with Crippen LogP contribution in [0.1, 0.15) is 32.0 Å². The molecular weight excluding hydrogens is 469 g/mol. The van der Waals surface area contributed by atoms with Crippen molar-refractivity contribution in [2.75, 3.05) is 26.3 Å². The highest BCUT2D eigenvalue weighted by Gasteiger charge is 2.23. The molecule has 8 heteroatoms. The van der Waals surface area contributed by atoms with Crippen LogP contribution in [0.3, 0.4) is 0 Å². The summed E-state index contributed by atoms with van der Waals surface area (Å²) in [6.45, 7) is 9.80. The van der Waals surface area contributed by atoms with E-state index in [4.69, 9.17) is 9.47 Å². The van der Waals surface area contributed by atoms with Gasteiger partial charge in [-0.2, -0.15) is 5.10 Å². The molecule has 28 heavy (non-hydrogen) atoms. The molecule has 3 rings (SSSR count). The Balaban J connectivity index is 0.00000280. The molecular formula is C20H30IN5O2. The van der Waals surface area contributed by atoms with E-state index in [1.54, 1.807) is 6.20 Å². The molecule has 1 aromatic heterocycles. The smallest absolute Gasteiger partial charge is 0.191 e. The summed E-state index contributed by atoms with van der Waals surface area (Å²) in [5.74, 6) is 2.44. The molecule has 0 aliphatic carbocycles. The predicted octanol–water partition coefficient (Wildman–Crippen LogP) is 2.84. The Bertz CT molecular complexity index is 804. The van der Waals surface area contributed by atoms with Crippen LogP contribution in [0.25, 0.3) is 0 Å². The highest BCUT2D eigenvalue weighted by atomic mass is 127. The zero-order valence-corrected chi connectivity index (χ0v) is 19.3. The van der Waals surface area contributed by atoms with E-state index in [1.165, 1.54) is 5.56 Å². The van der Waals surface area contributed by atoms with Gasteiger partial charge >= 0.3 is 0 Å². The van der Waals surface area contributed by atoms with Crippen molar-refractivity contribution in [1.82, 2.24) is 20.4 Å². The van der Waals surface area contributed by atoms with Crippen LogP contribution in [0.5, 0.6) is 11.5 Å². The standard InChI is InChI=1S/C20H29N5O2.HI/c1-5-21-19(22-13-16-8-9-24-25(16)4)23-14-20(2,3)15-6-7-17-18(12-15)27-11-10-26-17;/h6-9,12H,5,10-11,13-14H2,1-4H3,(H2,21,22,23);1H. The monoisotopic (exact) mass is 499 g/mol. The summed E-state index contributed by atoms with van der Waals surface area (Å²) >= 11 is 0. The summed E-state index contributed by atoms with van der Waals surface area (Å²) in [5, 5.41) is 10.9. The lowest BCUT2D eigenvalue weighted by atomic mass is 9.84. The Morgan fingerprint density at radius 3 is 2.61 bits per heavy atom. The van der Waals surface area contributed by atoms with E-state index in [0.717, 1.165) is 36.2 Å². The van der Waals surface area contributed by atoms with Crippen LogP contribution in [0, 0.1) is 0 Å². The van der Waals surface area contributed by atoms with Gasteiger partial charge in [-0.3, -0.25) is 4.68 Å². The molecule has 2 heterocycles. The van der Waals surface area contributed by atoms with Crippen LogP contribution in [0.4, 0.5) is 0 Å². The number of nitrogens with zero attached hydrogens (tertiary/aromatic N) is 3. The maximum atomic E-state index is 5.72. The summed E-state index contributed by atoms with van der Waals surface area (Å²) in [6.07, 6.45) is 1.79. The number of fused-ring (bicyclic) bond motifs is 1. The van der Waals surface area contributed by atoms with Gasteiger partial charge in [0.15, 0.2) is 17.5 Å². The molecule has 0 amide bonds. The van der Waals surface area contributed by atoms with E-state index < -0.39 is 0 Å². The molecule has 154 valence electrons. The molecule has 0 atom stereocenters. The van der Waals surface area contributed by atoms with E-state index in [2.05, 4.69) is 53.6 Å². The van der Waals surface area contributed by atoms with Crippen LogP contribution in [-0.2, 0) is 19.0 Å². The minimum Gasteiger partial charge on any atom is -0.486 e. The first-order valence-electron chi connectivity index (χ1n) is 9.39. The zero-order chi connectivity index (χ0) is 19.3. The van der Waals surface area contributed by atoms with Crippen molar-refractivity contribution >= 4 is 29.9 Å². The van der Waals surface area contributed by atoms with Gasteiger partial charge in [-0.05, 0) is 30.7 Å². The average molecular weight is 499 g/mol. The van der Waals surface area contributed by atoms with E-state index in [0.29, 0.717) is 19.8 Å². The van der Waals surface area contributed by atoms with Gasteiger partial charge < -0.3 is 20.1 Å². The number of aryl methyl sites for hydroxylation is 1. The number of nitrogens with one attached hydrogen (secondary N) is 2. The molecule has 2 N–H and O–H groups in total. The number of hydrogen-bond donors (Lipinski definition) is 2. The van der Waals surface area contributed by atoms with Gasteiger partial charge in [-0.1, -0.05) is 19.9 Å². The maximum absolute atomic E-state index is 5.72. The Labute approximate surface area is 183 Å². The molecule has 7 nitrogen and oxygen atoms in total. The Kier molecular flexibility index (Phi) is 7.97. The fourth-order valence-electron chi connectivity index (χ4n) is 2.93. The van der Waals surface area contributed by atoms with Crippen molar-refractivity contribution in [1.29, 1.82) is 0 Å². The first kappa shape index (κ1) is 22.3. The number of aliphatic imine (C=N–C) groups is 1. The van der Waals surface area contributed by atoms with E-state index in [-0.39, 0.29) is 29.4 Å². The molecule has 1 aliphatic heterocycles. The third-order valence-electron chi connectivity index (χ3n) is 4.69.